The highest BCUT2D eigenvalue weighted by molar-refractivity contribution is 8.13. The van der Waals surface area contributed by atoms with Gasteiger partial charge in [0.1, 0.15) is 5.75 Å². The predicted molar refractivity (Wildman–Crippen MR) is 123 cm³/mol. The van der Waals surface area contributed by atoms with Crippen molar-refractivity contribution >= 4 is 34.5 Å². The van der Waals surface area contributed by atoms with Crippen molar-refractivity contribution in [1.82, 2.24) is 4.90 Å². The number of rotatable bonds is 3. The summed E-state index contributed by atoms with van der Waals surface area (Å²) >= 11 is 1.19. The lowest BCUT2D eigenvalue weighted by atomic mass is 9.90. The average Bonchev–Trinajstić information content (AvgIpc) is 3.37. The van der Waals surface area contributed by atoms with Crippen LogP contribution in [0.2, 0.25) is 0 Å². The Kier molecular flexibility index (Phi) is 4.94. The lowest BCUT2D eigenvalue weighted by Crippen LogP contribution is -2.34. The fraction of sp³-hybridized carbons (Fsp3) is 0.200. The lowest BCUT2D eigenvalue weighted by Gasteiger charge is -2.34. The molecule has 0 bridgehead atoms. The molecule has 3 aliphatic rings. The zero-order valence-electron chi connectivity index (χ0n) is 17.3. The number of nitrogens with one attached hydrogen (secondary N) is 1. The standard InChI is InChI=1S/C25H22N2O3S/c1-15-10-19-13-18(11-16-8-9-21-20(12-16)26-14-30-21)24(28)27(19)23(22(15)25(29)31-2)17-6-4-3-5-7-17/h3-12,23,26H,13-14H2,1-2H3/b18-11-. The first-order valence-corrected chi connectivity index (χ1v) is 11.4. The van der Waals surface area contributed by atoms with Crippen LogP contribution in [0, 0.1) is 0 Å². The molecule has 3 heterocycles. The Balaban J connectivity index is 1.56. The number of allylic oxidation sites excluding steroid dienone is 3. The lowest BCUT2D eigenvalue weighted by molar-refractivity contribution is -0.125. The monoisotopic (exact) mass is 430 g/mol. The Bertz CT molecular complexity index is 1180. The number of carbonyl (C=O) groups excluding carboxylic acids is 2. The van der Waals surface area contributed by atoms with Gasteiger partial charge < -0.3 is 15.0 Å². The fourth-order valence-electron chi connectivity index (χ4n) is 4.46. The van der Waals surface area contributed by atoms with Gasteiger partial charge in [0.15, 0.2) is 6.73 Å². The van der Waals surface area contributed by atoms with Crippen LogP contribution in [0.1, 0.15) is 30.5 Å². The van der Waals surface area contributed by atoms with E-state index in [-0.39, 0.29) is 11.0 Å². The molecule has 1 saturated heterocycles. The van der Waals surface area contributed by atoms with Gasteiger partial charge in [-0.2, -0.15) is 0 Å². The molecule has 156 valence electrons. The minimum atomic E-state index is -0.408. The molecule has 5 rings (SSSR count). The third kappa shape index (κ3) is 3.37. The zero-order chi connectivity index (χ0) is 21.5. The van der Waals surface area contributed by atoms with Crippen molar-refractivity contribution in [2.75, 3.05) is 18.3 Å². The van der Waals surface area contributed by atoms with E-state index in [9.17, 15) is 9.59 Å². The number of amides is 1. The van der Waals surface area contributed by atoms with Crippen LogP contribution in [0.15, 0.2) is 77.0 Å². The van der Waals surface area contributed by atoms with Crippen LogP contribution >= 0.6 is 11.8 Å². The van der Waals surface area contributed by atoms with E-state index in [1.807, 2.05) is 67.6 Å². The number of ether oxygens (including phenoxy) is 1. The molecule has 1 amide bonds. The molecule has 0 saturated carbocycles. The molecule has 0 aromatic heterocycles. The predicted octanol–water partition coefficient (Wildman–Crippen LogP) is 4.91. The van der Waals surface area contributed by atoms with Crippen LogP contribution in [0.3, 0.4) is 0 Å². The van der Waals surface area contributed by atoms with E-state index in [1.165, 1.54) is 11.8 Å². The molecule has 2 aromatic carbocycles. The molecule has 0 radical (unpaired) electrons. The second kappa shape index (κ2) is 7.78. The topological polar surface area (TPSA) is 58.6 Å². The Hall–Kier alpha value is -3.25. The molecule has 1 atom stereocenters. The highest BCUT2D eigenvalue weighted by Gasteiger charge is 2.42. The molecule has 0 aliphatic carbocycles. The molecule has 1 unspecified atom stereocenters. The third-order valence-electron chi connectivity index (χ3n) is 5.87. The molecule has 6 heteroatoms. The number of nitrogens with zero attached hydrogens (tertiary/aromatic N) is 1. The van der Waals surface area contributed by atoms with Crippen LogP contribution in [0.5, 0.6) is 5.75 Å². The van der Waals surface area contributed by atoms with Gasteiger partial charge in [-0.3, -0.25) is 9.59 Å². The highest BCUT2D eigenvalue weighted by atomic mass is 32.2. The van der Waals surface area contributed by atoms with Crippen molar-refractivity contribution in [2.45, 2.75) is 19.4 Å². The van der Waals surface area contributed by atoms with Gasteiger partial charge in [0.25, 0.3) is 5.91 Å². The number of benzene rings is 2. The highest BCUT2D eigenvalue weighted by Crippen LogP contribution is 2.46. The van der Waals surface area contributed by atoms with E-state index in [2.05, 4.69) is 5.32 Å². The second-order valence-electron chi connectivity index (χ2n) is 7.78. The van der Waals surface area contributed by atoms with Crippen molar-refractivity contribution in [1.29, 1.82) is 0 Å². The first kappa shape index (κ1) is 19.7. The summed E-state index contributed by atoms with van der Waals surface area (Å²) in [7, 11) is 0. The van der Waals surface area contributed by atoms with E-state index < -0.39 is 6.04 Å². The van der Waals surface area contributed by atoms with Crippen LogP contribution in [-0.4, -0.2) is 28.9 Å². The Morgan fingerprint density at radius 1 is 1.23 bits per heavy atom. The Labute approximate surface area is 185 Å². The van der Waals surface area contributed by atoms with Gasteiger partial charge >= 0.3 is 0 Å². The molecular weight excluding hydrogens is 408 g/mol. The van der Waals surface area contributed by atoms with E-state index in [4.69, 9.17) is 4.74 Å². The maximum Gasteiger partial charge on any atom is 0.255 e. The van der Waals surface area contributed by atoms with Gasteiger partial charge in [0.05, 0.1) is 11.7 Å². The molecule has 5 nitrogen and oxygen atoms in total. The molecule has 1 fully saturated rings. The van der Waals surface area contributed by atoms with Gasteiger partial charge in [-0.05, 0) is 54.2 Å². The summed E-state index contributed by atoms with van der Waals surface area (Å²) in [6.45, 7) is 2.42. The van der Waals surface area contributed by atoms with Crippen molar-refractivity contribution in [2.24, 2.45) is 0 Å². The second-order valence-corrected chi connectivity index (χ2v) is 8.56. The third-order valence-corrected chi connectivity index (χ3v) is 6.46. The van der Waals surface area contributed by atoms with Gasteiger partial charge in [-0.15, -0.1) is 0 Å². The minimum absolute atomic E-state index is 0.00317. The van der Waals surface area contributed by atoms with Crippen molar-refractivity contribution in [3.05, 3.63) is 88.2 Å². The van der Waals surface area contributed by atoms with Gasteiger partial charge in [0, 0.05) is 23.3 Å². The van der Waals surface area contributed by atoms with Crippen LogP contribution in [-0.2, 0) is 9.59 Å². The van der Waals surface area contributed by atoms with E-state index in [0.29, 0.717) is 18.7 Å². The summed E-state index contributed by atoms with van der Waals surface area (Å²) < 4.78 is 5.49. The molecule has 31 heavy (non-hydrogen) atoms. The quantitative estimate of drug-likeness (QED) is 0.702. The van der Waals surface area contributed by atoms with Gasteiger partial charge in [-0.25, -0.2) is 0 Å². The zero-order valence-corrected chi connectivity index (χ0v) is 18.2. The molecule has 1 N–H and O–H groups in total. The number of fused-ring (bicyclic) bond motifs is 2. The summed E-state index contributed by atoms with van der Waals surface area (Å²) in [6, 6.07) is 15.3. The van der Waals surface area contributed by atoms with Crippen molar-refractivity contribution < 1.29 is 14.3 Å². The van der Waals surface area contributed by atoms with Crippen LogP contribution in [0.4, 0.5) is 5.69 Å². The average molecular weight is 431 g/mol. The normalized spacial score (nSPS) is 20.9. The maximum atomic E-state index is 13.6. The number of carbonyl (C=O) groups is 2. The fourth-order valence-corrected chi connectivity index (χ4v) is 4.95. The number of hydrogen-bond acceptors (Lipinski definition) is 5. The number of anilines is 1. The minimum Gasteiger partial charge on any atom is -0.471 e. The Morgan fingerprint density at radius 3 is 2.81 bits per heavy atom. The largest absolute Gasteiger partial charge is 0.471 e. The van der Waals surface area contributed by atoms with Crippen LogP contribution in [0.25, 0.3) is 6.08 Å². The first-order valence-electron chi connectivity index (χ1n) is 10.2. The number of thioether (sulfide) groups is 1. The summed E-state index contributed by atoms with van der Waals surface area (Å²) in [5.41, 5.74) is 6.08. The molecule has 2 aromatic rings. The first-order chi connectivity index (χ1) is 15.1. The summed E-state index contributed by atoms with van der Waals surface area (Å²) in [5.74, 6) is 0.771. The van der Waals surface area contributed by atoms with Crippen LogP contribution < -0.4 is 10.1 Å². The molecule has 0 spiro atoms. The summed E-state index contributed by atoms with van der Waals surface area (Å²) in [6.07, 6.45) is 6.25. The smallest absolute Gasteiger partial charge is 0.255 e. The molecular formula is C25H22N2O3S. The van der Waals surface area contributed by atoms with E-state index in [0.717, 1.165) is 39.4 Å². The van der Waals surface area contributed by atoms with Crippen molar-refractivity contribution in [3.63, 3.8) is 0 Å². The van der Waals surface area contributed by atoms with Gasteiger partial charge in [0.2, 0.25) is 5.12 Å². The van der Waals surface area contributed by atoms with E-state index in [1.54, 1.807) is 11.2 Å². The maximum absolute atomic E-state index is 13.6. The summed E-state index contributed by atoms with van der Waals surface area (Å²) in [4.78, 5) is 28.2. The Morgan fingerprint density at radius 2 is 2.03 bits per heavy atom. The SMILES string of the molecule is CSC(=O)C1=C(C)C=C2C/C(=C/c3ccc4c(c3)NCO4)C(=O)N2C1c1ccccc1. The summed E-state index contributed by atoms with van der Waals surface area (Å²) in [5, 5.41) is 3.18. The van der Waals surface area contributed by atoms with Crippen molar-refractivity contribution in [3.8, 4) is 5.75 Å². The molecule has 3 aliphatic heterocycles. The van der Waals surface area contributed by atoms with Gasteiger partial charge in [-0.1, -0.05) is 48.2 Å². The van der Waals surface area contributed by atoms with E-state index >= 15 is 0 Å². The number of hydrogen-bond donors (Lipinski definition) is 1.